The first kappa shape index (κ1) is 11.0. The fraction of sp³-hybridized carbons (Fsp3) is 1.00. The van der Waals surface area contributed by atoms with Crippen LogP contribution in [0.2, 0.25) is 0 Å². The highest BCUT2D eigenvalue weighted by Crippen LogP contribution is 2.09. The molecule has 0 fully saturated rings. The molecule has 0 heterocycles. The van der Waals surface area contributed by atoms with Crippen LogP contribution < -0.4 is 0 Å². The van der Waals surface area contributed by atoms with Crippen LogP contribution in [0.15, 0.2) is 0 Å². The number of rotatable bonds is 5. The topological polar surface area (TPSA) is 0 Å². The van der Waals surface area contributed by atoms with E-state index in [2.05, 4.69) is 34.6 Å². The zero-order valence-corrected chi connectivity index (χ0v) is 8.85. The molecule has 11 heavy (non-hydrogen) atoms. The van der Waals surface area contributed by atoms with Crippen molar-refractivity contribution in [3.63, 3.8) is 0 Å². The Kier molecular flexibility index (Phi) is 4.74. The van der Waals surface area contributed by atoms with Crippen LogP contribution in [0.1, 0.15) is 34.6 Å². The molecule has 0 saturated heterocycles. The Bertz CT molecular complexity index is 84.8. The average molecular weight is 158 g/mol. The van der Waals surface area contributed by atoms with Crippen molar-refractivity contribution in [1.29, 1.82) is 0 Å². The van der Waals surface area contributed by atoms with Gasteiger partial charge < -0.3 is 4.48 Å². The minimum absolute atomic E-state index is 0.829. The Morgan fingerprint density at radius 3 is 1.36 bits per heavy atom. The molecule has 0 aromatic heterocycles. The van der Waals surface area contributed by atoms with E-state index in [0.717, 1.165) is 5.92 Å². The molecular formula is C10H24N+. The zero-order chi connectivity index (χ0) is 8.91. The summed E-state index contributed by atoms with van der Waals surface area (Å²) >= 11 is 0. The van der Waals surface area contributed by atoms with Gasteiger partial charge in [0.1, 0.15) is 0 Å². The lowest BCUT2D eigenvalue weighted by Gasteiger charge is -2.37. The Morgan fingerprint density at radius 2 is 1.27 bits per heavy atom. The van der Waals surface area contributed by atoms with Gasteiger partial charge in [0.15, 0.2) is 0 Å². The molecule has 68 valence electrons. The first-order chi connectivity index (χ1) is 5.10. The second-order valence-corrected chi connectivity index (χ2v) is 3.87. The maximum atomic E-state index is 2.31. The third-order valence-electron chi connectivity index (χ3n) is 2.76. The molecule has 0 aliphatic rings. The van der Waals surface area contributed by atoms with Crippen molar-refractivity contribution in [2.75, 3.05) is 26.2 Å². The molecule has 0 aromatic carbocycles. The second kappa shape index (κ2) is 4.76. The van der Waals surface area contributed by atoms with Gasteiger partial charge >= 0.3 is 0 Å². The molecule has 0 aliphatic carbocycles. The van der Waals surface area contributed by atoms with E-state index in [0.29, 0.717) is 0 Å². The van der Waals surface area contributed by atoms with Gasteiger partial charge in [-0.25, -0.2) is 0 Å². The van der Waals surface area contributed by atoms with E-state index in [1.165, 1.54) is 30.7 Å². The quantitative estimate of drug-likeness (QED) is 0.539. The molecule has 0 radical (unpaired) electrons. The van der Waals surface area contributed by atoms with Crippen LogP contribution in [0, 0.1) is 5.92 Å². The summed E-state index contributed by atoms with van der Waals surface area (Å²) < 4.78 is 1.29. The number of quaternary nitrogens is 1. The highest BCUT2D eigenvalue weighted by molar-refractivity contribution is 4.44. The predicted molar refractivity (Wildman–Crippen MR) is 51.6 cm³/mol. The normalized spacial score (nSPS) is 12.5. The highest BCUT2D eigenvalue weighted by Gasteiger charge is 2.21. The van der Waals surface area contributed by atoms with Crippen molar-refractivity contribution < 1.29 is 4.48 Å². The average Bonchev–Trinajstić information content (AvgIpc) is 2.00. The van der Waals surface area contributed by atoms with Gasteiger partial charge in [-0.15, -0.1) is 0 Å². The van der Waals surface area contributed by atoms with Gasteiger partial charge in [0.05, 0.1) is 26.2 Å². The molecular weight excluding hydrogens is 134 g/mol. The minimum Gasteiger partial charge on any atom is -0.324 e. The van der Waals surface area contributed by atoms with Crippen LogP contribution in [0.3, 0.4) is 0 Å². The number of nitrogens with zero attached hydrogens (tertiary/aromatic N) is 1. The van der Waals surface area contributed by atoms with E-state index in [4.69, 9.17) is 0 Å². The van der Waals surface area contributed by atoms with Crippen molar-refractivity contribution >= 4 is 0 Å². The van der Waals surface area contributed by atoms with Gasteiger partial charge in [0, 0.05) is 5.92 Å². The second-order valence-electron chi connectivity index (χ2n) is 3.87. The van der Waals surface area contributed by atoms with Gasteiger partial charge in [0.2, 0.25) is 0 Å². The van der Waals surface area contributed by atoms with Crippen LogP contribution >= 0.6 is 0 Å². The maximum absolute atomic E-state index is 2.31. The van der Waals surface area contributed by atoms with Crippen LogP contribution in [0.5, 0.6) is 0 Å². The lowest BCUT2D eigenvalue weighted by atomic mass is 10.1. The highest BCUT2D eigenvalue weighted by atomic mass is 15.3. The van der Waals surface area contributed by atoms with Crippen LogP contribution in [-0.4, -0.2) is 30.7 Å². The Morgan fingerprint density at radius 1 is 0.909 bits per heavy atom. The Balaban J connectivity index is 4.05. The fourth-order valence-electron chi connectivity index (χ4n) is 1.83. The zero-order valence-electron chi connectivity index (χ0n) is 8.85. The molecule has 0 amide bonds. The monoisotopic (exact) mass is 158 g/mol. The van der Waals surface area contributed by atoms with E-state index >= 15 is 0 Å². The molecule has 0 aliphatic heterocycles. The summed E-state index contributed by atoms with van der Waals surface area (Å²) in [6, 6.07) is 0. The third-order valence-corrected chi connectivity index (χ3v) is 2.76. The van der Waals surface area contributed by atoms with Gasteiger partial charge in [0.25, 0.3) is 0 Å². The molecule has 1 nitrogen and oxygen atoms in total. The smallest absolute Gasteiger partial charge is 0.0809 e. The Labute approximate surface area is 72.0 Å². The SMILES string of the molecule is CC[N+](CC)(CC)CC(C)C. The van der Waals surface area contributed by atoms with E-state index in [1.54, 1.807) is 0 Å². The fourth-order valence-corrected chi connectivity index (χ4v) is 1.83. The number of hydrogen-bond acceptors (Lipinski definition) is 0. The summed E-state index contributed by atoms with van der Waals surface area (Å²) in [5, 5.41) is 0. The van der Waals surface area contributed by atoms with Gasteiger partial charge in [-0.05, 0) is 20.8 Å². The van der Waals surface area contributed by atoms with Crippen molar-refractivity contribution in [3.8, 4) is 0 Å². The summed E-state index contributed by atoms with van der Waals surface area (Å²) in [6.07, 6.45) is 0. The molecule has 0 N–H and O–H groups in total. The van der Waals surface area contributed by atoms with Gasteiger partial charge in [-0.1, -0.05) is 13.8 Å². The summed E-state index contributed by atoms with van der Waals surface area (Å²) in [6.45, 7) is 16.7. The maximum Gasteiger partial charge on any atom is 0.0809 e. The Hall–Kier alpha value is -0.0400. The standard InChI is InChI=1S/C10H24N/c1-6-11(7-2,8-3)9-10(4)5/h10H,6-9H2,1-5H3/q+1. The lowest BCUT2D eigenvalue weighted by Crippen LogP contribution is -2.49. The van der Waals surface area contributed by atoms with E-state index < -0.39 is 0 Å². The molecule has 0 saturated carbocycles. The molecule has 1 heteroatoms. The van der Waals surface area contributed by atoms with Crippen LogP contribution in [0.4, 0.5) is 0 Å². The van der Waals surface area contributed by atoms with Crippen molar-refractivity contribution in [2.45, 2.75) is 34.6 Å². The third kappa shape index (κ3) is 3.24. The molecule has 0 atom stereocenters. The van der Waals surface area contributed by atoms with Crippen molar-refractivity contribution in [1.82, 2.24) is 0 Å². The predicted octanol–water partition coefficient (Wildman–Crippen LogP) is 2.52. The first-order valence-corrected chi connectivity index (χ1v) is 4.95. The van der Waals surface area contributed by atoms with E-state index in [9.17, 15) is 0 Å². The van der Waals surface area contributed by atoms with Crippen LogP contribution in [-0.2, 0) is 0 Å². The van der Waals surface area contributed by atoms with E-state index in [-0.39, 0.29) is 0 Å². The summed E-state index contributed by atoms with van der Waals surface area (Å²) in [7, 11) is 0. The minimum atomic E-state index is 0.829. The molecule has 0 bridgehead atoms. The molecule has 0 rings (SSSR count). The summed E-state index contributed by atoms with van der Waals surface area (Å²) in [5.41, 5.74) is 0. The first-order valence-electron chi connectivity index (χ1n) is 4.95. The number of hydrogen-bond donors (Lipinski definition) is 0. The van der Waals surface area contributed by atoms with Gasteiger partial charge in [-0.3, -0.25) is 0 Å². The largest absolute Gasteiger partial charge is 0.324 e. The summed E-state index contributed by atoms with van der Waals surface area (Å²) in [5.74, 6) is 0.829. The van der Waals surface area contributed by atoms with Crippen LogP contribution in [0.25, 0.3) is 0 Å². The molecule has 0 spiro atoms. The molecule has 0 aromatic rings. The van der Waals surface area contributed by atoms with Crippen molar-refractivity contribution in [3.05, 3.63) is 0 Å². The van der Waals surface area contributed by atoms with Gasteiger partial charge in [-0.2, -0.15) is 0 Å². The lowest BCUT2D eigenvalue weighted by molar-refractivity contribution is -0.926. The molecule has 0 unspecified atom stereocenters. The van der Waals surface area contributed by atoms with E-state index in [1.807, 2.05) is 0 Å². The summed E-state index contributed by atoms with van der Waals surface area (Å²) in [4.78, 5) is 0. The van der Waals surface area contributed by atoms with Crippen molar-refractivity contribution in [2.24, 2.45) is 5.92 Å².